The van der Waals surface area contributed by atoms with Crippen LogP contribution >= 0.6 is 15.9 Å². The van der Waals surface area contributed by atoms with Crippen molar-refractivity contribution >= 4 is 33.4 Å². The van der Waals surface area contributed by atoms with Crippen molar-refractivity contribution in [1.82, 2.24) is 0 Å². The van der Waals surface area contributed by atoms with E-state index in [0.717, 1.165) is 0 Å². The van der Waals surface area contributed by atoms with Gasteiger partial charge in [-0.3, -0.25) is 4.79 Å². The lowest BCUT2D eigenvalue weighted by Crippen LogP contribution is -2.15. The molecule has 2 atom stereocenters. The molecule has 0 fully saturated rings. The summed E-state index contributed by atoms with van der Waals surface area (Å²) < 4.78 is 0. The highest BCUT2D eigenvalue weighted by Crippen LogP contribution is 2.31. The minimum atomic E-state index is -1.70. The zero-order valence-corrected chi connectivity index (χ0v) is 10.6. The number of Topliss-reactive ketones (excluding diaryl/α,β-unsaturated/α-hetero) is 1. The Bertz CT molecular complexity index is 461. The maximum Gasteiger partial charge on any atom is 0.337 e. The number of hydrogen-bond donors (Lipinski definition) is 3. The summed E-state index contributed by atoms with van der Waals surface area (Å²) in [6.07, 6.45) is -1.70. The van der Waals surface area contributed by atoms with Gasteiger partial charge in [-0.15, -0.1) is 0 Å². The number of aliphatic carboxylic acids is 1. The Morgan fingerprint density at radius 1 is 1.35 bits per heavy atom. The lowest BCUT2D eigenvalue weighted by Gasteiger charge is -2.15. The van der Waals surface area contributed by atoms with E-state index < -0.39 is 16.9 Å². The number of anilines is 1. The molecule has 6 heteroatoms. The van der Waals surface area contributed by atoms with Crippen LogP contribution in [0.5, 0.6) is 0 Å². The van der Waals surface area contributed by atoms with E-state index in [1.165, 1.54) is 19.1 Å². The average Bonchev–Trinajstić information content (AvgIpc) is 2.26. The van der Waals surface area contributed by atoms with Crippen LogP contribution in [0.25, 0.3) is 0 Å². The van der Waals surface area contributed by atoms with Gasteiger partial charge in [-0.1, -0.05) is 22.0 Å². The summed E-state index contributed by atoms with van der Waals surface area (Å²) in [5.41, 5.74) is 6.39. The number of carboxylic acid groups (broad SMARTS) is 1. The Morgan fingerprint density at radius 3 is 2.41 bits per heavy atom. The molecule has 2 unspecified atom stereocenters. The highest BCUT2D eigenvalue weighted by Gasteiger charge is 2.24. The van der Waals surface area contributed by atoms with E-state index in [1.54, 1.807) is 6.07 Å². The maximum atomic E-state index is 11.3. The Kier molecular flexibility index (Phi) is 4.25. The molecule has 1 aromatic carbocycles. The second-order valence-electron chi connectivity index (χ2n) is 3.60. The van der Waals surface area contributed by atoms with Gasteiger partial charge in [-0.2, -0.15) is 0 Å². The van der Waals surface area contributed by atoms with Crippen molar-refractivity contribution in [2.45, 2.75) is 17.9 Å². The zero-order valence-electron chi connectivity index (χ0n) is 9.05. The summed E-state index contributed by atoms with van der Waals surface area (Å²) >= 11 is 3.15. The second kappa shape index (κ2) is 5.29. The summed E-state index contributed by atoms with van der Waals surface area (Å²) in [5, 5.41) is 18.3. The number of nitrogen functional groups attached to an aromatic ring is 1. The molecular weight excluding hydrogens is 290 g/mol. The number of aliphatic hydroxyl groups excluding tert-OH is 1. The third kappa shape index (κ3) is 3.04. The first kappa shape index (κ1) is 13.7. The molecule has 4 N–H and O–H groups in total. The minimum absolute atomic E-state index is 0.120. The second-order valence-corrected chi connectivity index (χ2v) is 4.52. The number of rotatable bonds is 4. The van der Waals surface area contributed by atoms with E-state index in [4.69, 9.17) is 10.8 Å². The van der Waals surface area contributed by atoms with E-state index in [-0.39, 0.29) is 11.3 Å². The Morgan fingerprint density at radius 2 is 1.94 bits per heavy atom. The zero-order chi connectivity index (χ0) is 13.2. The molecule has 0 saturated heterocycles. The SMILES string of the molecule is CC(=O)C(Br)c1ccc(N)cc1C(O)C(=O)O. The van der Waals surface area contributed by atoms with Crippen molar-refractivity contribution in [2.24, 2.45) is 0 Å². The summed E-state index contributed by atoms with van der Waals surface area (Å²) in [6.45, 7) is 1.37. The number of carbonyl (C=O) groups is 2. The van der Waals surface area contributed by atoms with Crippen LogP contribution in [0, 0.1) is 0 Å². The van der Waals surface area contributed by atoms with Gasteiger partial charge >= 0.3 is 5.97 Å². The van der Waals surface area contributed by atoms with Crippen LogP contribution in [0.1, 0.15) is 29.0 Å². The first-order valence-electron chi connectivity index (χ1n) is 4.79. The minimum Gasteiger partial charge on any atom is -0.479 e. The van der Waals surface area contributed by atoms with E-state index in [1.807, 2.05) is 0 Å². The molecule has 1 rings (SSSR count). The topological polar surface area (TPSA) is 101 Å². The highest BCUT2D eigenvalue weighted by molar-refractivity contribution is 9.09. The molecule has 0 saturated carbocycles. The standard InChI is InChI=1S/C11H12BrNO4/c1-5(14)9(12)7-3-2-6(13)4-8(7)10(15)11(16)17/h2-4,9-10,15H,13H2,1H3,(H,16,17). The van der Waals surface area contributed by atoms with Gasteiger partial charge in [0.25, 0.3) is 0 Å². The van der Waals surface area contributed by atoms with Crippen LogP contribution in [0.2, 0.25) is 0 Å². The maximum absolute atomic E-state index is 11.3. The average molecular weight is 302 g/mol. The Labute approximate surface area is 106 Å². The van der Waals surface area contributed by atoms with Gasteiger partial charge in [-0.25, -0.2) is 4.79 Å². The fourth-order valence-electron chi connectivity index (χ4n) is 1.41. The molecule has 0 radical (unpaired) electrons. The van der Waals surface area contributed by atoms with Crippen LogP contribution in [0.15, 0.2) is 18.2 Å². The van der Waals surface area contributed by atoms with Crippen LogP contribution < -0.4 is 5.73 Å². The first-order chi connectivity index (χ1) is 7.84. The quantitative estimate of drug-likeness (QED) is 0.577. The molecule has 0 spiro atoms. The number of carboxylic acids is 1. The number of halogens is 1. The van der Waals surface area contributed by atoms with Gasteiger partial charge in [0, 0.05) is 5.69 Å². The summed E-state index contributed by atoms with van der Waals surface area (Å²) in [5.74, 6) is -1.58. The van der Waals surface area contributed by atoms with Crippen molar-refractivity contribution < 1.29 is 19.8 Å². The molecule has 5 nitrogen and oxygen atoms in total. The summed E-state index contributed by atoms with van der Waals surface area (Å²) in [6, 6.07) is 4.42. The fraction of sp³-hybridized carbons (Fsp3) is 0.273. The molecule has 1 aromatic rings. The van der Waals surface area contributed by atoms with Crippen LogP contribution in [-0.2, 0) is 9.59 Å². The number of carbonyl (C=O) groups excluding carboxylic acids is 1. The Hall–Kier alpha value is -1.40. The predicted molar refractivity (Wildman–Crippen MR) is 65.8 cm³/mol. The highest BCUT2D eigenvalue weighted by atomic mass is 79.9. The number of alkyl halides is 1. The number of aliphatic hydroxyl groups is 1. The molecule has 17 heavy (non-hydrogen) atoms. The van der Waals surface area contributed by atoms with Crippen molar-refractivity contribution in [2.75, 3.05) is 5.73 Å². The molecule has 0 aliphatic carbocycles. The first-order valence-corrected chi connectivity index (χ1v) is 5.71. The van der Waals surface area contributed by atoms with Crippen molar-refractivity contribution in [3.05, 3.63) is 29.3 Å². The van der Waals surface area contributed by atoms with E-state index in [0.29, 0.717) is 11.3 Å². The van der Waals surface area contributed by atoms with Gasteiger partial charge in [-0.05, 0) is 30.2 Å². The van der Waals surface area contributed by atoms with Gasteiger partial charge < -0.3 is 15.9 Å². The number of hydrogen-bond acceptors (Lipinski definition) is 4. The molecule has 0 amide bonds. The molecule has 92 valence electrons. The molecule has 0 heterocycles. The van der Waals surface area contributed by atoms with Gasteiger partial charge in [0.1, 0.15) is 5.78 Å². The third-order valence-corrected chi connectivity index (χ3v) is 3.41. The molecule has 0 aromatic heterocycles. The van der Waals surface area contributed by atoms with E-state index in [9.17, 15) is 14.7 Å². The van der Waals surface area contributed by atoms with Gasteiger partial charge in [0.05, 0.1) is 4.83 Å². The Balaban J connectivity index is 3.30. The van der Waals surface area contributed by atoms with Crippen molar-refractivity contribution in [1.29, 1.82) is 0 Å². The largest absolute Gasteiger partial charge is 0.479 e. The van der Waals surface area contributed by atoms with Crippen LogP contribution in [-0.4, -0.2) is 22.0 Å². The predicted octanol–water partition coefficient (Wildman–Crippen LogP) is 1.41. The molecule has 0 aliphatic rings. The lowest BCUT2D eigenvalue weighted by molar-refractivity contribution is -0.147. The van der Waals surface area contributed by atoms with Crippen molar-refractivity contribution in [3.8, 4) is 0 Å². The van der Waals surface area contributed by atoms with Crippen molar-refractivity contribution in [3.63, 3.8) is 0 Å². The number of nitrogens with two attached hydrogens (primary N) is 1. The smallest absolute Gasteiger partial charge is 0.337 e. The fourth-order valence-corrected chi connectivity index (χ4v) is 1.83. The normalized spacial score (nSPS) is 14.1. The van der Waals surface area contributed by atoms with Gasteiger partial charge in [0.15, 0.2) is 6.10 Å². The van der Waals surface area contributed by atoms with Crippen LogP contribution in [0.3, 0.4) is 0 Å². The monoisotopic (exact) mass is 301 g/mol. The number of ketones is 1. The molecular formula is C11H12BrNO4. The lowest BCUT2D eigenvalue weighted by atomic mass is 9.97. The van der Waals surface area contributed by atoms with E-state index in [2.05, 4.69) is 15.9 Å². The number of benzene rings is 1. The molecule has 0 aliphatic heterocycles. The van der Waals surface area contributed by atoms with E-state index >= 15 is 0 Å². The molecule has 0 bridgehead atoms. The third-order valence-electron chi connectivity index (χ3n) is 2.27. The summed E-state index contributed by atoms with van der Waals surface area (Å²) in [4.78, 5) is 21.4. The summed E-state index contributed by atoms with van der Waals surface area (Å²) in [7, 11) is 0. The van der Waals surface area contributed by atoms with Gasteiger partial charge in [0.2, 0.25) is 0 Å². The van der Waals surface area contributed by atoms with Crippen LogP contribution in [0.4, 0.5) is 5.69 Å².